The molecule has 2 heterocycles. The normalized spacial score (nSPS) is 11.9. The zero-order valence-corrected chi connectivity index (χ0v) is 17.4. The summed E-state index contributed by atoms with van der Waals surface area (Å²) in [5.74, 6) is -1.84. The highest BCUT2D eigenvalue weighted by atomic mass is 32.1. The van der Waals surface area contributed by atoms with Gasteiger partial charge in [0.15, 0.2) is 12.4 Å². The third-order valence-corrected chi connectivity index (χ3v) is 5.23. The summed E-state index contributed by atoms with van der Waals surface area (Å²) in [5, 5.41) is 4.42. The molecule has 150 valence electrons. The fraction of sp³-hybridized carbons (Fsp3) is 0.400. The van der Waals surface area contributed by atoms with E-state index in [1.807, 2.05) is 0 Å². The lowest BCUT2D eigenvalue weighted by Gasteiger charge is -2.20. The number of hydrogen-bond donors (Lipinski definition) is 2. The predicted octanol–water partition coefficient (Wildman–Crippen LogP) is 3.08. The number of nitrogens with one attached hydrogen (secondary N) is 2. The highest BCUT2D eigenvalue weighted by Crippen LogP contribution is 2.19. The van der Waals surface area contributed by atoms with E-state index < -0.39 is 24.4 Å². The first-order valence-corrected chi connectivity index (χ1v) is 9.75. The van der Waals surface area contributed by atoms with E-state index >= 15 is 0 Å². The molecule has 8 heteroatoms. The number of H-pyrrole nitrogens is 1. The van der Waals surface area contributed by atoms with Gasteiger partial charge >= 0.3 is 5.97 Å². The minimum atomic E-state index is -0.873. The molecule has 0 aliphatic carbocycles. The Bertz CT molecular complexity index is 896. The van der Waals surface area contributed by atoms with Crippen LogP contribution in [0.25, 0.3) is 0 Å². The molecule has 1 atom stereocenters. The summed E-state index contributed by atoms with van der Waals surface area (Å²) in [6.07, 6.45) is 0. The Labute approximate surface area is 167 Å². The van der Waals surface area contributed by atoms with Crippen LogP contribution in [0.5, 0.6) is 0 Å². The molecule has 0 radical (unpaired) electrons. The third kappa shape index (κ3) is 4.75. The summed E-state index contributed by atoms with van der Waals surface area (Å²) >= 11 is 1.27. The van der Waals surface area contributed by atoms with Gasteiger partial charge in [-0.15, -0.1) is 11.3 Å². The van der Waals surface area contributed by atoms with Crippen LogP contribution in [-0.4, -0.2) is 41.1 Å². The van der Waals surface area contributed by atoms with Gasteiger partial charge in [-0.1, -0.05) is 19.9 Å². The van der Waals surface area contributed by atoms with Gasteiger partial charge in [0, 0.05) is 11.3 Å². The first kappa shape index (κ1) is 21.6. The minimum Gasteiger partial charge on any atom is -0.456 e. The number of aromatic nitrogens is 1. The Kier molecular flexibility index (Phi) is 6.90. The molecule has 2 aromatic heterocycles. The molecule has 1 unspecified atom stereocenters. The van der Waals surface area contributed by atoms with Gasteiger partial charge in [0.25, 0.3) is 5.91 Å². The fourth-order valence-corrected chi connectivity index (χ4v) is 3.60. The van der Waals surface area contributed by atoms with Crippen LogP contribution >= 0.6 is 11.3 Å². The van der Waals surface area contributed by atoms with Crippen molar-refractivity contribution < 1.29 is 23.9 Å². The summed E-state index contributed by atoms with van der Waals surface area (Å²) < 4.78 is 5.16. The molecule has 0 aliphatic heterocycles. The van der Waals surface area contributed by atoms with Gasteiger partial charge in [-0.25, -0.2) is 4.79 Å². The van der Waals surface area contributed by atoms with Crippen LogP contribution in [0.1, 0.15) is 62.5 Å². The van der Waals surface area contributed by atoms with Crippen LogP contribution in [0, 0.1) is 19.8 Å². The number of amides is 1. The minimum absolute atomic E-state index is 0.140. The van der Waals surface area contributed by atoms with Gasteiger partial charge in [0.05, 0.1) is 10.6 Å². The predicted molar refractivity (Wildman–Crippen MR) is 106 cm³/mol. The quantitative estimate of drug-likeness (QED) is 0.520. The van der Waals surface area contributed by atoms with Crippen molar-refractivity contribution in [2.75, 3.05) is 6.61 Å². The Morgan fingerprint density at radius 3 is 2.39 bits per heavy atom. The Hall–Kier alpha value is -2.74. The van der Waals surface area contributed by atoms with E-state index in [4.69, 9.17) is 4.74 Å². The molecule has 2 aromatic rings. The maximum absolute atomic E-state index is 12.5. The zero-order chi connectivity index (χ0) is 21.0. The lowest BCUT2D eigenvalue weighted by atomic mass is 10.0. The highest BCUT2D eigenvalue weighted by molar-refractivity contribution is 7.12. The van der Waals surface area contributed by atoms with Crippen LogP contribution < -0.4 is 5.32 Å². The highest BCUT2D eigenvalue weighted by Gasteiger charge is 2.28. The number of esters is 1. The maximum atomic E-state index is 12.5. The van der Waals surface area contributed by atoms with Crippen LogP contribution in [0.2, 0.25) is 0 Å². The molecular formula is C20H24N2O5S. The average Bonchev–Trinajstić information content (AvgIpc) is 3.24. The maximum Gasteiger partial charge on any atom is 0.329 e. The summed E-state index contributed by atoms with van der Waals surface area (Å²) in [4.78, 5) is 52.2. The van der Waals surface area contributed by atoms with E-state index in [0.717, 1.165) is 0 Å². The fourth-order valence-electron chi connectivity index (χ4n) is 2.97. The van der Waals surface area contributed by atoms with Crippen molar-refractivity contribution in [3.63, 3.8) is 0 Å². The van der Waals surface area contributed by atoms with Crippen molar-refractivity contribution in [1.29, 1.82) is 0 Å². The van der Waals surface area contributed by atoms with Crippen molar-refractivity contribution >= 4 is 34.8 Å². The van der Waals surface area contributed by atoms with Crippen LogP contribution in [0.15, 0.2) is 17.5 Å². The molecule has 0 saturated carbocycles. The largest absolute Gasteiger partial charge is 0.456 e. The van der Waals surface area contributed by atoms with E-state index in [9.17, 15) is 19.2 Å². The van der Waals surface area contributed by atoms with Gasteiger partial charge in [-0.05, 0) is 43.7 Å². The molecule has 2 N–H and O–H groups in total. The topological polar surface area (TPSA) is 105 Å². The van der Waals surface area contributed by atoms with E-state index in [-0.39, 0.29) is 23.3 Å². The Morgan fingerprint density at radius 2 is 1.89 bits per heavy atom. The molecule has 0 bridgehead atoms. The second-order valence-electron chi connectivity index (χ2n) is 6.88. The van der Waals surface area contributed by atoms with Crippen LogP contribution in [-0.2, 0) is 9.53 Å². The zero-order valence-electron chi connectivity index (χ0n) is 16.5. The molecule has 2 rings (SSSR count). The van der Waals surface area contributed by atoms with Crippen LogP contribution in [0.3, 0.4) is 0 Å². The van der Waals surface area contributed by atoms with Gasteiger partial charge < -0.3 is 15.0 Å². The number of rotatable bonds is 8. The van der Waals surface area contributed by atoms with E-state index in [0.29, 0.717) is 21.7 Å². The molecule has 0 aliphatic rings. The molecule has 1 amide bonds. The van der Waals surface area contributed by atoms with Gasteiger partial charge in [-0.3, -0.25) is 14.4 Å². The number of aryl methyl sites for hydroxylation is 1. The smallest absolute Gasteiger partial charge is 0.329 e. The summed E-state index contributed by atoms with van der Waals surface area (Å²) in [6, 6.07) is 2.54. The molecule has 0 fully saturated rings. The molecule has 7 nitrogen and oxygen atoms in total. The Balaban J connectivity index is 2.04. The lowest BCUT2D eigenvalue weighted by molar-refractivity contribution is -0.145. The number of carbonyl (C=O) groups is 4. The number of ketones is 2. The lowest BCUT2D eigenvalue weighted by Crippen LogP contribution is -2.45. The number of carbonyl (C=O) groups excluding carboxylic acids is 4. The van der Waals surface area contributed by atoms with Crippen molar-refractivity contribution in [3.8, 4) is 0 Å². The second kappa shape index (κ2) is 8.97. The number of thiophene rings is 1. The van der Waals surface area contributed by atoms with Gasteiger partial charge in [-0.2, -0.15) is 0 Å². The number of aromatic amines is 1. The molecule has 0 aromatic carbocycles. The van der Waals surface area contributed by atoms with Gasteiger partial charge in [0.1, 0.15) is 6.04 Å². The van der Waals surface area contributed by atoms with Crippen molar-refractivity contribution in [1.82, 2.24) is 10.3 Å². The average molecular weight is 404 g/mol. The molecular weight excluding hydrogens is 380 g/mol. The van der Waals surface area contributed by atoms with Gasteiger partial charge in [0.2, 0.25) is 5.78 Å². The van der Waals surface area contributed by atoms with Crippen molar-refractivity contribution in [3.05, 3.63) is 44.9 Å². The third-order valence-electron chi connectivity index (χ3n) is 4.37. The number of Topliss-reactive ketones (excluding diaryl/α,β-unsaturated/α-hetero) is 2. The SMILES string of the molecule is CC(=O)c1c(C)[nH]c(C(=O)COC(=O)C(NC(=O)c2cccs2)C(C)C)c1C. The number of ether oxygens (including phenoxy) is 1. The molecule has 0 saturated heterocycles. The first-order valence-electron chi connectivity index (χ1n) is 8.87. The molecule has 28 heavy (non-hydrogen) atoms. The first-order chi connectivity index (χ1) is 13.1. The Morgan fingerprint density at radius 1 is 1.21 bits per heavy atom. The van der Waals surface area contributed by atoms with E-state index in [2.05, 4.69) is 10.3 Å². The van der Waals surface area contributed by atoms with E-state index in [1.165, 1.54) is 18.3 Å². The monoisotopic (exact) mass is 404 g/mol. The second-order valence-corrected chi connectivity index (χ2v) is 7.83. The van der Waals surface area contributed by atoms with Crippen LogP contribution in [0.4, 0.5) is 0 Å². The van der Waals surface area contributed by atoms with Crippen molar-refractivity contribution in [2.24, 2.45) is 5.92 Å². The number of hydrogen-bond acceptors (Lipinski definition) is 6. The summed E-state index contributed by atoms with van der Waals surface area (Å²) in [6.45, 7) is 7.89. The summed E-state index contributed by atoms with van der Waals surface area (Å²) in [7, 11) is 0. The van der Waals surface area contributed by atoms with Crippen molar-refractivity contribution in [2.45, 2.75) is 40.7 Å². The summed E-state index contributed by atoms with van der Waals surface area (Å²) in [5.41, 5.74) is 1.86. The van der Waals surface area contributed by atoms with E-state index in [1.54, 1.807) is 45.2 Å². The molecule has 0 spiro atoms. The standard InChI is InChI=1S/C20H24N2O5S/c1-10(2)17(22-19(25)15-7-6-8-28-15)20(26)27-9-14(24)18-11(3)16(13(5)23)12(4)21-18/h6-8,10,17,21H,9H2,1-5H3,(H,22,25).